The monoisotopic (exact) mass is 208 g/mol. The Morgan fingerprint density at radius 1 is 1.47 bits per heavy atom. The molecule has 1 aromatic carbocycles. The molecule has 5 heteroatoms. The molecule has 1 saturated heterocycles. The molecule has 15 heavy (non-hydrogen) atoms. The van der Waals surface area contributed by atoms with Gasteiger partial charge in [0.2, 0.25) is 0 Å². The molecule has 2 rings (SSSR count). The van der Waals surface area contributed by atoms with Crippen molar-refractivity contribution in [1.29, 1.82) is 0 Å². The highest BCUT2D eigenvalue weighted by molar-refractivity contribution is 5.97. The largest absolute Gasteiger partial charge is 0.483 e. The van der Waals surface area contributed by atoms with Gasteiger partial charge in [-0.15, -0.1) is 0 Å². The van der Waals surface area contributed by atoms with Crippen LogP contribution in [0.2, 0.25) is 0 Å². The second-order valence-corrected chi connectivity index (χ2v) is 3.37. The molecule has 1 heterocycles. The number of hydrogen-bond acceptors (Lipinski definition) is 4. The number of para-hydroxylation sites is 1. The SMILES string of the molecule is NC(=O)c1cccc(N)c1OC1COC1. The number of nitrogens with two attached hydrogens (primary N) is 2. The number of rotatable bonds is 3. The predicted molar refractivity (Wildman–Crippen MR) is 54.6 cm³/mol. The Bertz CT molecular complexity index is 388. The molecule has 0 atom stereocenters. The molecule has 0 saturated carbocycles. The number of ether oxygens (including phenoxy) is 2. The van der Waals surface area contributed by atoms with Gasteiger partial charge >= 0.3 is 0 Å². The van der Waals surface area contributed by atoms with E-state index in [1.165, 1.54) is 0 Å². The van der Waals surface area contributed by atoms with Gasteiger partial charge in [-0.05, 0) is 12.1 Å². The Kier molecular flexibility index (Phi) is 2.47. The van der Waals surface area contributed by atoms with Crippen LogP contribution in [0.25, 0.3) is 0 Å². The molecule has 1 aliphatic heterocycles. The molecule has 1 aromatic rings. The molecule has 0 aromatic heterocycles. The van der Waals surface area contributed by atoms with Crippen molar-refractivity contribution in [1.82, 2.24) is 0 Å². The summed E-state index contributed by atoms with van der Waals surface area (Å²) in [4.78, 5) is 11.1. The van der Waals surface area contributed by atoms with Gasteiger partial charge in [-0.1, -0.05) is 6.07 Å². The van der Waals surface area contributed by atoms with Crippen molar-refractivity contribution in [3.05, 3.63) is 23.8 Å². The molecule has 0 bridgehead atoms. The first-order valence-corrected chi connectivity index (χ1v) is 4.61. The number of anilines is 1. The molecule has 1 amide bonds. The van der Waals surface area contributed by atoms with Gasteiger partial charge in [0, 0.05) is 0 Å². The first-order valence-electron chi connectivity index (χ1n) is 4.61. The molecule has 0 unspecified atom stereocenters. The zero-order valence-corrected chi connectivity index (χ0v) is 8.10. The van der Waals surface area contributed by atoms with Crippen molar-refractivity contribution in [3.63, 3.8) is 0 Å². The molecule has 0 aliphatic carbocycles. The molecule has 1 aliphatic rings. The average Bonchev–Trinajstić information content (AvgIpc) is 2.12. The fourth-order valence-corrected chi connectivity index (χ4v) is 1.33. The lowest BCUT2D eigenvalue weighted by atomic mass is 10.1. The second kappa shape index (κ2) is 3.78. The lowest BCUT2D eigenvalue weighted by Gasteiger charge is -2.27. The Hall–Kier alpha value is -1.75. The molecule has 0 radical (unpaired) electrons. The molecular formula is C10H12N2O3. The minimum atomic E-state index is -0.544. The zero-order valence-electron chi connectivity index (χ0n) is 8.10. The second-order valence-electron chi connectivity index (χ2n) is 3.37. The van der Waals surface area contributed by atoms with Crippen molar-refractivity contribution in [2.75, 3.05) is 18.9 Å². The standard InChI is InChI=1S/C10H12N2O3/c11-8-3-1-2-7(10(12)13)9(8)15-6-4-14-5-6/h1-3,6H,4-5,11H2,(H2,12,13). The van der Waals surface area contributed by atoms with Crippen molar-refractivity contribution in [3.8, 4) is 5.75 Å². The minimum Gasteiger partial charge on any atom is -0.483 e. The lowest BCUT2D eigenvalue weighted by Crippen LogP contribution is -2.39. The highest BCUT2D eigenvalue weighted by Crippen LogP contribution is 2.28. The number of primary amides is 1. The summed E-state index contributed by atoms with van der Waals surface area (Å²) >= 11 is 0. The Morgan fingerprint density at radius 3 is 2.73 bits per heavy atom. The Morgan fingerprint density at radius 2 is 2.20 bits per heavy atom. The van der Waals surface area contributed by atoms with E-state index in [9.17, 15) is 4.79 Å². The van der Waals surface area contributed by atoms with Crippen molar-refractivity contribution < 1.29 is 14.3 Å². The van der Waals surface area contributed by atoms with Crippen LogP contribution in [0, 0.1) is 0 Å². The van der Waals surface area contributed by atoms with Crippen LogP contribution in [-0.4, -0.2) is 25.2 Å². The summed E-state index contributed by atoms with van der Waals surface area (Å²) < 4.78 is 10.5. The van der Waals surface area contributed by atoms with Crippen LogP contribution in [0.4, 0.5) is 5.69 Å². The van der Waals surface area contributed by atoms with Crippen LogP contribution in [0.15, 0.2) is 18.2 Å². The van der Waals surface area contributed by atoms with E-state index < -0.39 is 5.91 Å². The quantitative estimate of drug-likeness (QED) is 0.692. The summed E-state index contributed by atoms with van der Waals surface area (Å²) in [5, 5.41) is 0. The van der Waals surface area contributed by atoms with Crippen LogP contribution in [-0.2, 0) is 4.74 Å². The molecule has 80 valence electrons. The maximum absolute atomic E-state index is 11.1. The minimum absolute atomic E-state index is 0.0344. The smallest absolute Gasteiger partial charge is 0.252 e. The van der Waals surface area contributed by atoms with Gasteiger partial charge in [0.25, 0.3) is 5.91 Å². The van der Waals surface area contributed by atoms with Crippen LogP contribution in [0.3, 0.4) is 0 Å². The first kappa shape index (κ1) is 9.79. The molecule has 4 N–H and O–H groups in total. The highest BCUT2D eigenvalue weighted by atomic mass is 16.6. The lowest BCUT2D eigenvalue weighted by molar-refractivity contribution is -0.0795. The number of carbonyl (C=O) groups excluding carboxylic acids is 1. The van der Waals surface area contributed by atoms with Gasteiger partial charge in [0.1, 0.15) is 6.10 Å². The molecular weight excluding hydrogens is 196 g/mol. The number of nitrogen functional groups attached to an aromatic ring is 1. The summed E-state index contributed by atoms with van der Waals surface area (Å²) in [5.41, 5.74) is 11.6. The first-order chi connectivity index (χ1) is 7.18. The number of carbonyl (C=O) groups is 1. The maximum atomic E-state index is 11.1. The van der Waals surface area contributed by atoms with Gasteiger partial charge in [0.15, 0.2) is 5.75 Å². The van der Waals surface area contributed by atoms with Crippen molar-refractivity contribution in [2.24, 2.45) is 5.73 Å². The summed E-state index contributed by atoms with van der Waals surface area (Å²) in [6.45, 7) is 1.04. The van der Waals surface area contributed by atoms with Gasteiger partial charge < -0.3 is 20.9 Å². The van der Waals surface area contributed by atoms with Crippen LogP contribution < -0.4 is 16.2 Å². The number of benzene rings is 1. The highest BCUT2D eigenvalue weighted by Gasteiger charge is 2.23. The topological polar surface area (TPSA) is 87.6 Å². The zero-order chi connectivity index (χ0) is 10.8. The van der Waals surface area contributed by atoms with Crippen LogP contribution in [0.5, 0.6) is 5.75 Å². The van der Waals surface area contributed by atoms with E-state index in [0.29, 0.717) is 30.2 Å². The van der Waals surface area contributed by atoms with Gasteiger partial charge in [-0.3, -0.25) is 4.79 Å². The van der Waals surface area contributed by atoms with E-state index >= 15 is 0 Å². The van der Waals surface area contributed by atoms with E-state index in [1.54, 1.807) is 18.2 Å². The van der Waals surface area contributed by atoms with Crippen molar-refractivity contribution >= 4 is 11.6 Å². The molecule has 5 nitrogen and oxygen atoms in total. The maximum Gasteiger partial charge on any atom is 0.252 e. The Labute approximate surface area is 87.0 Å². The predicted octanol–water partition coefficient (Wildman–Crippen LogP) is 0.145. The fourth-order valence-electron chi connectivity index (χ4n) is 1.33. The van der Waals surface area contributed by atoms with Crippen molar-refractivity contribution in [2.45, 2.75) is 6.10 Å². The number of hydrogen-bond donors (Lipinski definition) is 2. The molecule has 1 fully saturated rings. The molecule has 0 spiro atoms. The normalized spacial score (nSPS) is 15.7. The van der Waals surface area contributed by atoms with Gasteiger partial charge in [0.05, 0.1) is 24.5 Å². The Balaban J connectivity index is 2.29. The van der Waals surface area contributed by atoms with Gasteiger partial charge in [-0.2, -0.15) is 0 Å². The van der Waals surface area contributed by atoms with E-state index in [2.05, 4.69) is 0 Å². The summed E-state index contributed by atoms with van der Waals surface area (Å²) in [6.07, 6.45) is -0.0344. The average molecular weight is 208 g/mol. The third kappa shape index (κ3) is 1.87. The van der Waals surface area contributed by atoms with E-state index in [1.807, 2.05) is 0 Å². The van der Waals surface area contributed by atoms with Gasteiger partial charge in [-0.25, -0.2) is 0 Å². The number of amides is 1. The van der Waals surface area contributed by atoms with E-state index in [0.717, 1.165) is 0 Å². The summed E-state index contributed by atoms with van der Waals surface area (Å²) in [5.74, 6) is -0.184. The summed E-state index contributed by atoms with van der Waals surface area (Å²) in [6, 6.07) is 4.93. The van der Waals surface area contributed by atoms with E-state index in [-0.39, 0.29) is 6.10 Å². The third-order valence-corrected chi connectivity index (χ3v) is 2.20. The van der Waals surface area contributed by atoms with Crippen LogP contribution in [0.1, 0.15) is 10.4 Å². The summed E-state index contributed by atoms with van der Waals surface area (Å²) in [7, 11) is 0. The third-order valence-electron chi connectivity index (χ3n) is 2.20. The fraction of sp³-hybridized carbons (Fsp3) is 0.300. The van der Waals surface area contributed by atoms with E-state index in [4.69, 9.17) is 20.9 Å². The van der Waals surface area contributed by atoms with Crippen LogP contribution >= 0.6 is 0 Å².